The average Bonchev–Trinajstić information content (AvgIpc) is 2.92. The summed E-state index contributed by atoms with van der Waals surface area (Å²) in [5, 5.41) is 59.6. The lowest BCUT2D eigenvalue weighted by Gasteiger charge is -2.41. The third-order valence-corrected chi connectivity index (χ3v) is 5.91. The number of benzene rings is 3. The van der Waals surface area contributed by atoms with E-state index in [1.54, 1.807) is 42.5 Å². The van der Waals surface area contributed by atoms with Crippen molar-refractivity contribution in [2.24, 2.45) is 0 Å². The van der Waals surface area contributed by atoms with Crippen LogP contribution in [0, 0.1) is 0 Å². The molecule has 1 heterocycles. The van der Waals surface area contributed by atoms with Crippen LogP contribution in [0.25, 0.3) is 18.2 Å². The van der Waals surface area contributed by atoms with Gasteiger partial charge in [0, 0.05) is 12.1 Å². The lowest BCUT2D eigenvalue weighted by Crippen LogP contribution is -2.61. The van der Waals surface area contributed by atoms with Gasteiger partial charge in [-0.15, -0.1) is 0 Å². The predicted molar refractivity (Wildman–Crippen MR) is 141 cm³/mol. The summed E-state index contributed by atoms with van der Waals surface area (Å²) in [5.41, 5.74) is 1.94. The Morgan fingerprint density at radius 2 is 1.36 bits per heavy atom. The highest BCUT2D eigenvalue weighted by Crippen LogP contribution is 2.30. The van der Waals surface area contributed by atoms with Crippen molar-refractivity contribution in [2.75, 3.05) is 6.61 Å². The van der Waals surface area contributed by atoms with Crippen LogP contribution < -0.4 is 4.74 Å². The van der Waals surface area contributed by atoms with E-state index in [9.17, 15) is 35.4 Å². The van der Waals surface area contributed by atoms with Gasteiger partial charge in [0.1, 0.15) is 41.3 Å². The molecule has 1 aliphatic heterocycles. The third-order valence-electron chi connectivity index (χ3n) is 5.91. The van der Waals surface area contributed by atoms with E-state index in [0.29, 0.717) is 11.1 Å². The van der Waals surface area contributed by atoms with Crippen LogP contribution in [0.1, 0.15) is 16.7 Å². The van der Waals surface area contributed by atoms with Crippen molar-refractivity contribution in [1.82, 2.24) is 0 Å². The van der Waals surface area contributed by atoms with E-state index in [4.69, 9.17) is 14.2 Å². The summed E-state index contributed by atoms with van der Waals surface area (Å²) in [4.78, 5) is 12.5. The topological polar surface area (TPSA) is 166 Å². The highest BCUT2D eigenvalue weighted by Gasteiger charge is 2.47. The minimum absolute atomic E-state index is 0.0653. The minimum atomic E-state index is -1.65. The molecule has 4 rings (SSSR count). The summed E-state index contributed by atoms with van der Waals surface area (Å²) in [6, 6.07) is 16.9. The molecule has 5 atom stereocenters. The van der Waals surface area contributed by atoms with Crippen LogP contribution in [0.5, 0.6) is 23.0 Å². The molecule has 3 aromatic rings. The van der Waals surface area contributed by atoms with Crippen molar-refractivity contribution in [2.45, 2.75) is 30.7 Å². The second-order valence-corrected chi connectivity index (χ2v) is 8.84. The summed E-state index contributed by atoms with van der Waals surface area (Å²) in [5.74, 6) is -0.708. The molecule has 1 aliphatic rings. The van der Waals surface area contributed by atoms with Gasteiger partial charge in [-0.25, -0.2) is 4.79 Å². The smallest absolute Gasteiger partial charge is 0.331 e. The molecular formula is C29H28O10. The van der Waals surface area contributed by atoms with Crippen molar-refractivity contribution < 1.29 is 49.6 Å². The van der Waals surface area contributed by atoms with Gasteiger partial charge in [-0.1, -0.05) is 36.4 Å². The number of hydrogen-bond acceptors (Lipinski definition) is 10. The van der Waals surface area contributed by atoms with Crippen molar-refractivity contribution >= 4 is 24.2 Å². The van der Waals surface area contributed by atoms with Gasteiger partial charge in [-0.2, -0.15) is 0 Å². The van der Waals surface area contributed by atoms with Gasteiger partial charge >= 0.3 is 5.97 Å². The van der Waals surface area contributed by atoms with Crippen molar-refractivity contribution in [3.8, 4) is 23.0 Å². The number of hydrogen-bond donors (Lipinski definition) is 6. The Bertz CT molecular complexity index is 1320. The second kappa shape index (κ2) is 12.5. The third kappa shape index (κ3) is 7.37. The van der Waals surface area contributed by atoms with Crippen molar-refractivity contribution in [3.05, 3.63) is 89.5 Å². The zero-order chi connectivity index (χ0) is 27.9. The molecule has 0 aliphatic carbocycles. The molecule has 3 aromatic carbocycles. The van der Waals surface area contributed by atoms with Gasteiger partial charge in [-0.3, -0.25) is 0 Å². The van der Waals surface area contributed by atoms with E-state index in [0.717, 1.165) is 11.6 Å². The first-order chi connectivity index (χ1) is 18.7. The number of aliphatic hydroxyl groups excluding tert-OH is 3. The summed E-state index contributed by atoms with van der Waals surface area (Å²) in [7, 11) is 0. The molecule has 0 bridgehead atoms. The Hall–Kier alpha value is -4.35. The van der Waals surface area contributed by atoms with Gasteiger partial charge in [-0.05, 0) is 59.2 Å². The van der Waals surface area contributed by atoms with Crippen molar-refractivity contribution in [3.63, 3.8) is 0 Å². The predicted octanol–water partition coefficient (Wildman–Crippen LogP) is 2.42. The van der Waals surface area contributed by atoms with E-state index in [2.05, 4.69) is 0 Å². The van der Waals surface area contributed by atoms with Crippen LogP contribution in [0.15, 0.2) is 72.8 Å². The number of carbonyl (C=O) groups is 1. The van der Waals surface area contributed by atoms with E-state index in [1.807, 2.05) is 0 Å². The zero-order valence-electron chi connectivity index (χ0n) is 20.6. The standard InChI is InChI=1S/C29H28O10/c30-16-24-26(35)27(36)28(39-25(34)12-7-18-5-10-21(32)11-6-18)29(38-24)37-23-14-19(13-22(33)15-23)2-1-17-3-8-20(31)9-4-17/h1-15,24,26-33,35-36H,16H2/b2-1+,12-7+/t24-,26-,27+,28-,29+/m0/s1. The summed E-state index contributed by atoms with van der Waals surface area (Å²) < 4.78 is 16.8. The Morgan fingerprint density at radius 3 is 1.97 bits per heavy atom. The van der Waals surface area contributed by atoms with E-state index < -0.39 is 43.3 Å². The molecule has 1 saturated heterocycles. The first kappa shape index (κ1) is 27.7. The number of phenols is 3. The zero-order valence-corrected chi connectivity index (χ0v) is 20.6. The molecule has 1 fully saturated rings. The Balaban J connectivity index is 1.52. The molecule has 0 saturated carbocycles. The largest absolute Gasteiger partial charge is 0.508 e. The first-order valence-electron chi connectivity index (χ1n) is 12.0. The SMILES string of the molecule is O=C(/C=C/c1ccc(O)cc1)O[C@@H]1[C@H](Oc2cc(O)cc(/C=C/c3ccc(O)cc3)c2)O[C@@H](CO)[C@H](O)[C@H]1O. The number of esters is 1. The molecule has 204 valence electrons. The number of rotatable bonds is 8. The van der Waals surface area contributed by atoms with Crippen LogP contribution in [0.2, 0.25) is 0 Å². The fraction of sp³-hybridized carbons (Fsp3) is 0.207. The van der Waals surface area contributed by atoms with Gasteiger partial charge in [0.25, 0.3) is 0 Å². The second-order valence-electron chi connectivity index (χ2n) is 8.84. The normalized spacial score (nSPS) is 23.2. The molecule has 0 radical (unpaired) electrons. The van der Waals surface area contributed by atoms with E-state index in [1.165, 1.54) is 42.5 Å². The molecular weight excluding hydrogens is 508 g/mol. The molecule has 0 unspecified atom stereocenters. The Kier molecular flexibility index (Phi) is 8.84. The Labute approximate surface area is 223 Å². The maximum Gasteiger partial charge on any atom is 0.331 e. The van der Waals surface area contributed by atoms with Gasteiger partial charge in [0.2, 0.25) is 6.29 Å². The number of ether oxygens (including phenoxy) is 3. The van der Waals surface area contributed by atoms with Crippen LogP contribution in [-0.4, -0.2) is 73.9 Å². The lowest BCUT2D eigenvalue weighted by atomic mass is 9.99. The molecule has 39 heavy (non-hydrogen) atoms. The molecule has 0 amide bonds. The van der Waals surface area contributed by atoms with Crippen LogP contribution in [0.3, 0.4) is 0 Å². The number of carbonyl (C=O) groups excluding carboxylic acids is 1. The maximum atomic E-state index is 12.5. The highest BCUT2D eigenvalue weighted by atomic mass is 16.7. The molecule has 0 spiro atoms. The average molecular weight is 537 g/mol. The van der Waals surface area contributed by atoms with Crippen molar-refractivity contribution in [1.29, 1.82) is 0 Å². The fourth-order valence-corrected chi connectivity index (χ4v) is 3.88. The number of phenolic OH excluding ortho intramolecular Hbond substituents is 3. The summed E-state index contributed by atoms with van der Waals surface area (Å²) >= 11 is 0. The number of aliphatic hydroxyl groups is 3. The minimum Gasteiger partial charge on any atom is -0.508 e. The lowest BCUT2D eigenvalue weighted by molar-refractivity contribution is -0.281. The molecule has 6 N–H and O–H groups in total. The highest BCUT2D eigenvalue weighted by molar-refractivity contribution is 5.87. The molecule has 0 aromatic heterocycles. The molecule has 10 nitrogen and oxygen atoms in total. The van der Waals surface area contributed by atoms with Crippen LogP contribution in [0.4, 0.5) is 0 Å². The summed E-state index contributed by atoms with van der Waals surface area (Å²) in [6.45, 7) is -0.639. The maximum absolute atomic E-state index is 12.5. The van der Waals surface area contributed by atoms with Gasteiger partial charge < -0.3 is 44.8 Å². The quantitative estimate of drug-likeness (QED) is 0.143. The van der Waals surface area contributed by atoms with E-state index >= 15 is 0 Å². The van der Waals surface area contributed by atoms with Gasteiger partial charge in [0.05, 0.1) is 6.61 Å². The first-order valence-corrected chi connectivity index (χ1v) is 12.0. The number of aromatic hydroxyl groups is 3. The van der Waals surface area contributed by atoms with Crippen LogP contribution >= 0.6 is 0 Å². The summed E-state index contributed by atoms with van der Waals surface area (Å²) in [6.07, 6.45) is -1.40. The fourth-order valence-electron chi connectivity index (χ4n) is 3.88. The Morgan fingerprint density at radius 1 is 0.769 bits per heavy atom. The van der Waals surface area contributed by atoms with Crippen LogP contribution in [-0.2, 0) is 14.3 Å². The van der Waals surface area contributed by atoms with E-state index in [-0.39, 0.29) is 23.0 Å². The monoisotopic (exact) mass is 536 g/mol. The van der Waals surface area contributed by atoms with Gasteiger partial charge in [0.15, 0.2) is 6.10 Å². The molecule has 10 heteroatoms.